The van der Waals surface area contributed by atoms with Gasteiger partial charge in [-0.2, -0.15) is 0 Å². The number of aliphatic hydroxyl groups is 1. The average molecular weight is 374 g/mol. The van der Waals surface area contributed by atoms with E-state index in [1.54, 1.807) is 12.3 Å². The summed E-state index contributed by atoms with van der Waals surface area (Å²) in [6.07, 6.45) is 1.65. The Labute approximate surface area is 154 Å². The molecule has 3 rings (SSSR count). The minimum Gasteiger partial charge on any atom is -0.492 e. The van der Waals surface area contributed by atoms with Gasteiger partial charge in [-0.25, -0.2) is 4.98 Å². The summed E-state index contributed by atoms with van der Waals surface area (Å²) >= 11 is 5.75. The number of nitrogens with zero attached hydrogens (tertiary/aromatic N) is 3. The van der Waals surface area contributed by atoms with Crippen LogP contribution in [0, 0.1) is 0 Å². The largest absolute Gasteiger partial charge is 0.492 e. The molecule has 2 saturated heterocycles. The maximum absolute atomic E-state index is 8.54. The summed E-state index contributed by atoms with van der Waals surface area (Å²) < 4.78 is 16.0. The fourth-order valence-corrected chi connectivity index (χ4v) is 2.72. The molecule has 1 N–H and O–H groups in total. The van der Waals surface area contributed by atoms with Crippen molar-refractivity contribution in [3.63, 3.8) is 0 Å². The van der Waals surface area contributed by atoms with Gasteiger partial charge in [-0.15, -0.1) is 0 Å². The molecule has 2 aliphatic rings. The van der Waals surface area contributed by atoms with E-state index < -0.39 is 0 Å². The van der Waals surface area contributed by atoms with Crippen LogP contribution in [0.5, 0.6) is 5.75 Å². The van der Waals surface area contributed by atoms with Crippen LogP contribution in [0.3, 0.4) is 0 Å². The van der Waals surface area contributed by atoms with Crippen molar-refractivity contribution in [2.75, 3.05) is 78.9 Å². The Bertz CT molecular complexity index is 466. The van der Waals surface area contributed by atoms with Crippen molar-refractivity contribution in [3.05, 3.63) is 23.5 Å². The first-order valence-corrected chi connectivity index (χ1v) is 9.11. The summed E-state index contributed by atoms with van der Waals surface area (Å²) in [5.74, 6) is 0.772. The number of pyridine rings is 1. The van der Waals surface area contributed by atoms with Gasteiger partial charge in [0, 0.05) is 51.5 Å². The first-order chi connectivity index (χ1) is 12.3. The monoisotopic (exact) mass is 373 g/mol. The van der Waals surface area contributed by atoms with Gasteiger partial charge in [-0.05, 0) is 6.07 Å². The third kappa shape index (κ3) is 8.80. The number of ether oxygens (including phenoxy) is 3. The van der Waals surface area contributed by atoms with Crippen molar-refractivity contribution in [2.24, 2.45) is 0 Å². The van der Waals surface area contributed by atoms with E-state index in [1.807, 2.05) is 6.07 Å². The fraction of sp³-hybridized carbons (Fsp3) is 0.706. The number of aliphatic hydroxyl groups excluding tert-OH is 1. The third-order valence-corrected chi connectivity index (χ3v) is 4.20. The van der Waals surface area contributed by atoms with Crippen LogP contribution in [0.1, 0.15) is 0 Å². The number of β-amino-alcohol motifs (C(OH)–C–C–N with tert-alkyl or cyclic N) is 1. The molecule has 0 saturated carbocycles. The lowest BCUT2D eigenvalue weighted by atomic mass is 10.4. The number of rotatable bonds is 6. The molecular weight excluding hydrogens is 346 g/mol. The molecule has 2 fully saturated rings. The topological polar surface area (TPSA) is 67.3 Å². The van der Waals surface area contributed by atoms with E-state index in [9.17, 15) is 0 Å². The lowest BCUT2D eigenvalue weighted by molar-refractivity contribution is 0.0306. The molecule has 1 aromatic heterocycles. The SMILES string of the molecule is Clc1cc(OCCN2CCOCC2)ccn1.OCCN1CCOCC1. The number of aromatic nitrogens is 1. The molecule has 142 valence electrons. The molecule has 0 aliphatic carbocycles. The second-order valence-electron chi connectivity index (χ2n) is 5.79. The lowest BCUT2D eigenvalue weighted by Crippen LogP contribution is -2.38. The zero-order valence-electron chi connectivity index (χ0n) is 14.6. The third-order valence-electron chi connectivity index (χ3n) is 4.00. The molecule has 3 heterocycles. The van der Waals surface area contributed by atoms with Crippen molar-refractivity contribution in [1.29, 1.82) is 0 Å². The Morgan fingerprint density at radius 3 is 2.20 bits per heavy atom. The van der Waals surface area contributed by atoms with E-state index in [-0.39, 0.29) is 6.61 Å². The molecule has 25 heavy (non-hydrogen) atoms. The maximum Gasteiger partial charge on any atom is 0.132 e. The predicted octanol–water partition coefficient (Wildman–Crippen LogP) is 0.757. The fourth-order valence-electron chi connectivity index (χ4n) is 2.56. The molecule has 7 nitrogen and oxygen atoms in total. The highest BCUT2D eigenvalue weighted by Crippen LogP contribution is 2.14. The Morgan fingerprint density at radius 2 is 1.64 bits per heavy atom. The highest BCUT2D eigenvalue weighted by Gasteiger charge is 2.09. The van der Waals surface area contributed by atoms with Gasteiger partial charge >= 0.3 is 0 Å². The zero-order valence-corrected chi connectivity index (χ0v) is 15.4. The highest BCUT2D eigenvalue weighted by atomic mass is 35.5. The molecule has 0 amide bonds. The van der Waals surface area contributed by atoms with Gasteiger partial charge in [0.15, 0.2) is 0 Å². The lowest BCUT2D eigenvalue weighted by Gasteiger charge is -2.26. The van der Waals surface area contributed by atoms with E-state index in [0.29, 0.717) is 11.8 Å². The summed E-state index contributed by atoms with van der Waals surface area (Å²) in [6, 6.07) is 3.53. The zero-order chi connectivity index (χ0) is 17.7. The normalized spacial score (nSPS) is 19.1. The van der Waals surface area contributed by atoms with E-state index in [0.717, 1.165) is 71.4 Å². The smallest absolute Gasteiger partial charge is 0.132 e. The Kier molecular flexibility index (Phi) is 10.1. The second-order valence-corrected chi connectivity index (χ2v) is 6.18. The average Bonchev–Trinajstić information content (AvgIpc) is 2.64. The standard InChI is InChI=1S/C11H15ClN2O2.C6H13NO2/c12-11-9-10(1-2-13-11)16-8-5-14-3-6-15-7-4-14;8-4-1-7-2-5-9-6-3-7/h1-2,9H,3-8H2;8H,1-6H2. The van der Waals surface area contributed by atoms with E-state index >= 15 is 0 Å². The summed E-state index contributed by atoms with van der Waals surface area (Å²) in [5.41, 5.74) is 0. The molecular formula is C17H28ClN3O4. The quantitative estimate of drug-likeness (QED) is 0.738. The second kappa shape index (κ2) is 12.4. The summed E-state index contributed by atoms with van der Waals surface area (Å²) in [4.78, 5) is 8.42. The van der Waals surface area contributed by atoms with Crippen molar-refractivity contribution >= 4 is 11.6 Å². The van der Waals surface area contributed by atoms with Crippen molar-refractivity contribution in [2.45, 2.75) is 0 Å². The van der Waals surface area contributed by atoms with Crippen LogP contribution >= 0.6 is 11.6 Å². The van der Waals surface area contributed by atoms with Crippen LogP contribution < -0.4 is 4.74 Å². The molecule has 2 aliphatic heterocycles. The molecule has 0 unspecified atom stereocenters. The van der Waals surface area contributed by atoms with Crippen LogP contribution in [0.2, 0.25) is 5.15 Å². The van der Waals surface area contributed by atoms with Gasteiger partial charge in [-0.3, -0.25) is 9.80 Å². The molecule has 0 atom stereocenters. The van der Waals surface area contributed by atoms with E-state index in [1.165, 1.54) is 0 Å². The first-order valence-electron chi connectivity index (χ1n) is 8.73. The van der Waals surface area contributed by atoms with Gasteiger partial charge in [-0.1, -0.05) is 11.6 Å². The van der Waals surface area contributed by atoms with Gasteiger partial charge < -0.3 is 19.3 Å². The number of morpholine rings is 2. The van der Waals surface area contributed by atoms with Gasteiger partial charge in [0.05, 0.1) is 33.0 Å². The first kappa shape index (κ1) is 20.4. The Morgan fingerprint density at radius 1 is 1.04 bits per heavy atom. The molecule has 0 radical (unpaired) electrons. The Balaban J connectivity index is 0.000000212. The minimum absolute atomic E-state index is 0.264. The summed E-state index contributed by atoms with van der Waals surface area (Å²) in [6.45, 7) is 9.84. The summed E-state index contributed by atoms with van der Waals surface area (Å²) in [7, 11) is 0. The number of hydrogen-bond donors (Lipinski definition) is 1. The maximum atomic E-state index is 8.54. The van der Waals surface area contributed by atoms with E-state index in [2.05, 4.69) is 14.8 Å². The molecule has 1 aromatic rings. The molecule has 0 bridgehead atoms. The molecule has 0 spiro atoms. The summed E-state index contributed by atoms with van der Waals surface area (Å²) in [5, 5.41) is 9.00. The van der Waals surface area contributed by atoms with Crippen molar-refractivity contribution in [1.82, 2.24) is 14.8 Å². The van der Waals surface area contributed by atoms with Crippen LogP contribution in [-0.2, 0) is 9.47 Å². The predicted molar refractivity (Wildman–Crippen MR) is 96.3 cm³/mol. The Hall–Kier alpha value is -0.960. The number of halogens is 1. The molecule has 8 heteroatoms. The minimum atomic E-state index is 0.264. The highest BCUT2D eigenvalue weighted by molar-refractivity contribution is 6.29. The van der Waals surface area contributed by atoms with Crippen LogP contribution in [-0.4, -0.2) is 98.8 Å². The van der Waals surface area contributed by atoms with E-state index in [4.69, 9.17) is 30.9 Å². The van der Waals surface area contributed by atoms with Crippen molar-refractivity contribution < 1.29 is 19.3 Å². The van der Waals surface area contributed by atoms with Crippen molar-refractivity contribution in [3.8, 4) is 5.75 Å². The van der Waals surface area contributed by atoms with Crippen LogP contribution in [0.4, 0.5) is 0 Å². The van der Waals surface area contributed by atoms with Crippen LogP contribution in [0.15, 0.2) is 18.3 Å². The van der Waals surface area contributed by atoms with Crippen LogP contribution in [0.25, 0.3) is 0 Å². The molecule has 0 aromatic carbocycles. The van der Waals surface area contributed by atoms with Gasteiger partial charge in [0.25, 0.3) is 0 Å². The number of hydrogen-bond acceptors (Lipinski definition) is 7. The van der Waals surface area contributed by atoms with Gasteiger partial charge in [0.2, 0.25) is 0 Å². The van der Waals surface area contributed by atoms with Gasteiger partial charge in [0.1, 0.15) is 17.5 Å².